The molecule has 0 bridgehead atoms. The molecule has 1 heterocycles. The molecule has 0 saturated carbocycles. The van der Waals surface area contributed by atoms with Crippen molar-refractivity contribution in [1.82, 2.24) is 4.98 Å². The summed E-state index contributed by atoms with van der Waals surface area (Å²) in [6, 6.07) is 7.44. The summed E-state index contributed by atoms with van der Waals surface area (Å²) >= 11 is 6.83. The van der Waals surface area contributed by atoms with Crippen LogP contribution >= 0.6 is 31.9 Å². The van der Waals surface area contributed by atoms with Gasteiger partial charge in [-0.2, -0.15) is 0 Å². The van der Waals surface area contributed by atoms with Crippen molar-refractivity contribution in [1.29, 1.82) is 0 Å². The minimum absolute atomic E-state index is 0.0889. The van der Waals surface area contributed by atoms with Crippen LogP contribution in [0.1, 0.15) is 29.8 Å². The Morgan fingerprint density at radius 2 is 1.90 bits per heavy atom. The molecule has 0 aliphatic rings. The third-order valence-electron chi connectivity index (χ3n) is 3.02. The number of hydrogen-bond donors (Lipinski definition) is 2. The van der Waals surface area contributed by atoms with E-state index in [1.165, 1.54) is 0 Å². The van der Waals surface area contributed by atoms with Gasteiger partial charge in [0.1, 0.15) is 5.75 Å². The second-order valence-corrected chi connectivity index (χ2v) is 6.64. The Morgan fingerprint density at radius 3 is 2.55 bits per heavy atom. The summed E-state index contributed by atoms with van der Waals surface area (Å²) in [4.78, 5) is 4.39. The van der Waals surface area contributed by atoms with Crippen LogP contribution in [0, 0.1) is 0 Å². The van der Waals surface area contributed by atoms with E-state index in [0.717, 1.165) is 38.6 Å². The molecule has 2 rings (SSSR count). The standard InChI is InChI=1S/C15H16Br2N2O/c1-9(18)15-11(6-13(17)8-19-15)3-2-10-4-12(16)7-14(20)5-10/h4-9,20H,2-3,18H2,1H3. The van der Waals surface area contributed by atoms with Crippen molar-refractivity contribution in [3.8, 4) is 5.75 Å². The van der Waals surface area contributed by atoms with Crippen LogP contribution in [0.5, 0.6) is 5.75 Å². The molecule has 0 aliphatic carbocycles. The molecule has 0 radical (unpaired) electrons. The SMILES string of the molecule is CC(N)c1ncc(Br)cc1CCc1cc(O)cc(Br)c1. The lowest BCUT2D eigenvalue weighted by Crippen LogP contribution is -2.11. The Morgan fingerprint density at radius 1 is 1.15 bits per heavy atom. The van der Waals surface area contributed by atoms with Gasteiger partial charge in [0.2, 0.25) is 0 Å². The lowest BCUT2D eigenvalue weighted by Gasteiger charge is -2.12. The van der Waals surface area contributed by atoms with E-state index in [1.54, 1.807) is 18.3 Å². The first-order valence-electron chi connectivity index (χ1n) is 6.34. The van der Waals surface area contributed by atoms with Gasteiger partial charge in [-0.3, -0.25) is 4.98 Å². The number of halogens is 2. The highest BCUT2D eigenvalue weighted by atomic mass is 79.9. The van der Waals surface area contributed by atoms with E-state index in [1.807, 2.05) is 13.0 Å². The molecule has 0 saturated heterocycles. The molecule has 20 heavy (non-hydrogen) atoms. The molecular weight excluding hydrogens is 384 g/mol. The Labute approximate surface area is 135 Å². The van der Waals surface area contributed by atoms with Crippen molar-refractivity contribution in [3.05, 3.63) is 56.2 Å². The van der Waals surface area contributed by atoms with E-state index in [0.29, 0.717) is 0 Å². The maximum absolute atomic E-state index is 9.61. The van der Waals surface area contributed by atoms with Gasteiger partial charge in [0.25, 0.3) is 0 Å². The summed E-state index contributed by atoms with van der Waals surface area (Å²) in [6.07, 6.45) is 3.43. The first-order valence-corrected chi connectivity index (χ1v) is 7.92. The fraction of sp³-hybridized carbons (Fsp3) is 0.267. The summed E-state index contributed by atoms with van der Waals surface area (Å²) in [7, 11) is 0. The zero-order valence-corrected chi connectivity index (χ0v) is 14.3. The van der Waals surface area contributed by atoms with E-state index in [4.69, 9.17) is 5.73 Å². The average Bonchev–Trinajstić information content (AvgIpc) is 2.35. The van der Waals surface area contributed by atoms with Crippen LogP contribution in [-0.4, -0.2) is 10.1 Å². The summed E-state index contributed by atoms with van der Waals surface area (Å²) in [6.45, 7) is 1.94. The van der Waals surface area contributed by atoms with Crippen LogP contribution in [0.3, 0.4) is 0 Å². The van der Waals surface area contributed by atoms with Crippen LogP contribution in [-0.2, 0) is 12.8 Å². The highest BCUT2D eigenvalue weighted by Crippen LogP contribution is 2.23. The zero-order valence-electron chi connectivity index (χ0n) is 11.1. The molecule has 0 fully saturated rings. The zero-order chi connectivity index (χ0) is 14.7. The Kier molecular flexibility index (Phi) is 5.18. The number of nitrogens with zero attached hydrogens (tertiary/aromatic N) is 1. The van der Waals surface area contributed by atoms with Gasteiger partial charge in [0.15, 0.2) is 0 Å². The van der Waals surface area contributed by atoms with Gasteiger partial charge in [-0.05, 0) is 71.1 Å². The van der Waals surface area contributed by atoms with Crippen LogP contribution < -0.4 is 5.73 Å². The maximum Gasteiger partial charge on any atom is 0.116 e. The fourth-order valence-corrected chi connectivity index (χ4v) is 3.07. The molecule has 2 aromatic rings. The number of aromatic hydroxyl groups is 1. The molecule has 0 spiro atoms. The topological polar surface area (TPSA) is 59.1 Å². The third kappa shape index (κ3) is 4.04. The first-order chi connectivity index (χ1) is 9.45. The Bertz CT molecular complexity index is 595. The van der Waals surface area contributed by atoms with Gasteiger partial charge in [0.05, 0.1) is 5.69 Å². The summed E-state index contributed by atoms with van der Waals surface area (Å²) in [5.41, 5.74) is 9.09. The van der Waals surface area contributed by atoms with E-state index in [2.05, 4.69) is 42.9 Å². The number of phenolic OH excluding ortho intramolecular Hbond substituents is 1. The normalized spacial score (nSPS) is 12.4. The molecule has 3 nitrogen and oxygen atoms in total. The molecule has 1 aromatic carbocycles. The van der Waals surface area contributed by atoms with Crippen LogP contribution in [0.4, 0.5) is 0 Å². The predicted molar refractivity (Wildman–Crippen MR) is 87.8 cm³/mol. The lowest BCUT2D eigenvalue weighted by atomic mass is 10.0. The molecular formula is C15H16Br2N2O. The highest BCUT2D eigenvalue weighted by Gasteiger charge is 2.10. The monoisotopic (exact) mass is 398 g/mol. The largest absolute Gasteiger partial charge is 0.508 e. The number of benzene rings is 1. The quantitative estimate of drug-likeness (QED) is 0.812. The number of aromatic nitrogens is 1. The molecule has 5 heteroatoms. The van der Waals surface area contributed by atoms with Crippen LogP contribution in [0.2, 0.25) is 0 Å². The molecule has 1 atom stereocenters. The number of pyridine rings is 1. The van der Waals surface area contributed by atoms with Crippen molar-refractivity contribution in [2.45, 2.75) is 25.8 Å². The second-order valence-electron chi connectivity index (χ2n) is 4.80. The number of nitrogens with two attached hydrogens (primary N) is 1. The van der Waals surface area contributed by atoms with Crippen molar-refractivity contribution in [3.63, 3.8) is 0 Å². The third-order valence-corrected chi connectivity index (χ3v) is 3.92. The van der Waals surface area contributed by atoms with Gasteiger partial charge in [0, 0.05) is 21.2 Å². The lowest BCUT2D eigenvalue weighted by molar-refractivity contribution is 0.474. The molecule has 3 N–H and O–H groups in total. The summed E-state index contributed by atoms with van der Waals surface area (Å²) in [5.74, 6) is 0.272. The molecule has 0 aliphatic heterocycles. The number of hydrogen-bond acceptors (Lipinski definition) is 3. The van der Waals surface area contributed by atoms with Gasteiger partial charge in [-0.15, -0.1) is 0 Å². The molecule has 1 unspecified atom stereocenters. The Hall–Kier alpha value is -0.910. The fourth-order valence-electron chi connectivity index (χ4n) is 2.16. The number of rotatable bonds is 4. The highest BCUT2D eigenvalue weighted by molar-refractivity contribution is 9.10. The van der Waals surface area contributed by atoms with Gasteiger partial charge in [-0.1, -0.05) is 15.9 Å². The molecule has 0 amide bonds. The van der Waals surface area contributed by atoms with E-state index >= 15 is 0 Å². The minimum Gasteiger partial charge on any atom is -0.508 e. The second kappa shape index (κ2) is 6.70. The maximum atomic E-state index is 9.61. The van der Waals surface area contributed by atoms with Gasteiger partial charge >= 0.3 is 0 Å². The van der Waals surface area contributed by atoms with E-state index in [-0.39, 0.29) is 11.8 Å². The molecule has 1 aromatic heterocycles. The van der Waals surface area contributed by atoms with Crippen molar-refractivity contribution in [2.24, 2.45) is 5.73 Å². The van der Waals surface area contributed by atoms with Gasteiger partial charge < -0.3 is 10.8 Å². The smallest absolute Gasteiger partial charge is 0.116 e. The van der Waals surface area contributed by atoms with Crippen molar-refractivity contribution in [2.75, 3.05) is 0 Å². The van der Waals surface area contributed by atoms with Crippen molar-refractivity contribution < 1.29 is 5.11 Å². The molecule has 106 valence electrons. The first kappa shape index (κ1) is 15.5. The Balaban J connectivity index is 2.20. The van der Waals surface area contributed by atoms with E-state index in [9.17, 15) is 5.11 Å². The van der Waals surface area contributed by atoms with Crippen LogP contribution in [0.15, 0.2) is 39.4 Å². The van der Waals surface area contributed by atoms with Gasteiger partial charge in [-0.25, -0.2) is 0 Å². The average molecular weight is 400 g/mol. The number of phenols is 1. The predicted octanol–water partition coefficient (Wildman–Crippen LogP) is 4.12. The minimum atomic E-state index is -0.0889. The summed E-state index contributed by atoms with van der Waals surface area (Å²) < 4.78 is 1.83. The van der Waals surface area contributed by atoms with Crippen molar-refractivity contribution >= 4 is 31.9 Å². The van der Waals surface area contributed by atoms with Crippen LogP contribution in [0.25, 0.3) is 0 Å². The van der Waals surface area contributed by atoms with E-state index < -0.39 is 0 Å². The summed E-state index contributed by atoms with van der Waals surface area (Å²) in [5, 5.41) is 9.61. The number of aryl methyl sites for hydroxylation is 2.